The Kier molecular flexibility index (Phi) is 7.28. The van der Waals surface area contributed by atoms with E-state index in [9.17, 15) is 5.26 Å². The van der Waals surface area contributed by atoms with Gasteiger partial charge in [0.25, 0.3) is 0 Å². The van der Waals surface area contributed by atoms with Crippen LogP contribution in [0, 0.1) is 17.2 Å². The Bertz CT molecular complexity index is 411. The fourth-order valence-electron chi connectivity index (χ4n) is 2.10. The molecule has 0 amide bonds. The summed E-state index contributed by atoms with van der Waals surface area (Å²) in [6.07, 6.45) is 1.67. The van der Waals surface area contributed by atoms with Gasteiger partial charge in [-0.1, -0.05) is 51.1 Å². The molecule has 0 aliphatic heterocycles. The molecule has 0 spiro atoms. The van der Waals surface area contributed by atoms with Gasteiger partial charge in [0, 0.05) is 19.6 Å². The van der Waals surface area contributed by atoms with Gasteiger partial charge in [0.15, 0.2) is 0 Å². The number of rotatable bonds is 9. The average molecular weight is 274 g/mol. The smallest absolute Gasteiger partial charge is 0.134 e. The van der Waals surface area contributed by atoms with Crippen LogP contribution in [0.3, 0.4) is 0 Å². The topological polar surface area (TPSA) is 45.0 Å². The number of hydrogen-bond acceptors (Lipinski definition) is 3. The Morgan fingerprint density at radius 2 is 2.00 bits per heavy atom. The second-order valence-corrected chi connectivity index (χ2v) is 5.53. The molecular formula is C17H26N2O. The molecule has 1 unspecified atom stereocenters. The van der Waals surface area contributed by atoms with Gasteiger partial charge in [0.05, 0.1) is 6.07 Å². The van der Waals surface area contributed by atoms with Gasteiger partial charge in [0.2, 0.25) is 0 Å². The van der Waals surface area contributed by atoms with Gasteiger partial charge in [-0.05, 0) is 24.4 Å². The maximum Gasteiger partial charge on any atom is 0.134 e. The summed E-state index contributed by atoms with van der Waals surface area (Å²) in [5.74, 6) is 0.520. The van der Waals surface area contributed by atoms with Crippen LogP contribution < -0.4 is 5.32 Å². The highest BCUT2D eigenvalue weighted by molar-refractivity contribution is 5.31. The summed E-state index contributed by atoms with van der Waals surface area (Å²) < 4.78 is 5.66. The lowest BCUT2D eigenvalue weighted by Gasteiger charge is -2.28. The predicted molar refractivity (Wildman–Crippen MR) is 82.3 cm³/mol. The maximum atomic E-state index is 9.70. The first-order valence-electron chi connectivity index (χ1n) is 7.44. The molecule has 0 bridgehead atoms. The Morgan fingerprint density at radius 1 is 1.30 bits per heavy atom. The molecule has 1 N–H and O–H groups in total. The molecule has 0 aromatic heterocycles. The van der Waals surface area contributed by atoms with Crippen LogP contribution in [0.1, 0.15) is 39.2 Å². The molecule has 3 heteroatoms. The molecule has 20 heavy (non-hydrogen) atoms. The number of ether oxygens (including phenoxy) is 1. The van der Waals surface area contributed by atoms with Crippen molar-refractivity contribution in [3.8, 4) is 6.07 Å². The minimum atomic E-state index is -0.645. The zero-order valence-corrected chi connectivity index (χ0v) is 12.9. The van der Waals surface area contributed by atoms with Crippen LogP contribution in [0.25, 0.3) is 0 Å². The van der Waals surface area contributed by atoms with Gasteiger partial charge in [-0.15, -0.1) is 0 Å². The predicted octanol–water partition coefficient (Wildman–Crippen LogP) is 3.47. The minimum Gasteiger partial charge on any atom is -0.381 e. The molecule has 1 rings (SSSR count). The van der Waals surface area contributed by atoms with E-state index in [2.05, 4.69) is 32.2 Å². The first kappa shape index (κ1) is 16.7. The van der Waals surface area contributed by atoms with E-state index in [1.54, 1.807) is 0 Å². The third kappa shape index (κ3) is 4.96. The van der Waals surface area contributed by atoms with Gasteiger partial charge in [-0.25, -0.2) is 0 Å². The molecule has 0 fully saturated rings. The van der Waals surface area contributed by atoms with Crippen molar-refractivity contribution in [2.45, 2.75) is 39.2 Å². The van der Waals surface area contributed by atoms with Crippen molar-refractivity contribution < 1.29 is 4.74 Å². The second kappa shape index (κ2) is 8.73. The highest BCUT2D eigenvalue weighted by atomic mass is 16.5. The van der Waals surface area contributed by atoms with Crippen LogP contribution in [-0.4, -0.2) is 19.8 Å². The average Bonchev–Trinajstić information content (AvgIpc) is 2.48. The van der Waals surface area contributed by atoms with Crippen LogP contribution in [0.4, 0.5) is 0 Å². The molecular weight excluding hydrogens is 248 g/mol. The van der Waals surface area contributed by atoms with Crippen molar-refractivity contribution in [1.29, 1.82) is 5.26 Å². The van der Waals surface area contributed by atoms with Crippen molar-refractivity contribution >= 4 is 0 Å². The third-order valence-corrected chi connectivity index (χ3v) is 3.21. The summed E-state index contributed by atoms with van der Waals surface area (Å²) in [6.45, 7) is 8.53. The van der Waals surface area contributed by atoms with Crippen LogP contribution >= 0.6 is 0 Å². The third-order valence-electron chi connectivity index (χ3n) is 3.21. The van der Waals surface area contributed by atoms with Crippen LogP contribution in [-0.2, 0) is 10.3 Å². The first-order chi connectivity index (χ1) is 9.64. The van der Waals surface area contributed by atoms with Gasteiger partial charge in [-0.2, -0.15) is 5.26 Å². The van der Waals surface area contributed by atoms with E-state index in [-0.39, 0.29) is 0 Å². The SMILES string of the molecule is CCCNC(C#N)(CCOCC(C)C)c1ccccc1. The highest BCUT2D eigenvalue weighted by Crippen LogP contribution is 2.24. The van der Waals surface area contributed by atoms with Crippen LogP contribution in [0.15, 0.2) is 30.3 Å². The van der Waals surface area contributed by atoms with Crippen molar-refractivity contribution in [2.75, 3.05) is 19.8 Å². The molecule has 1 aromatic carbocycles. The molecule has 0 aliphatic carbocycles. The zero-order chi connectivity index (χ0) is 14.8. The first-order valence-corrected chi connectivity index (χ1v) is 7.44. The number of nitrogens with one attached hydrogen (secondary N) is 1. The van der Waals surface area contributed by atoms with Crippen molar-refractivity contribution in [3.05, 3.63) is 35.9 Å². The quantitative estimate of drug-likeness (QED) is 0.701. The lowest BCUT2D eigenvalue weighted by atomic mass is 9.88. The Hall–Kier alpha value is -1.37. The molecule has 1 atom stereocenters. The molecule has 0 radical (unpaired) electrons. The summed E-state index contributed by atoms with van der Waals surface area (Å²) in [4.78, 5) is 0. The van der Waals surface area contributed by atoms with E-state index in [0.29, 0.717) is 18.9 Å². The molecule has 0 saturated heterocycles. The summed E-state index contributed by atoms with van der Waals surface area (Å²) in [7, 11) is 0. The zero-order valence-electron chi connectivity index (χ0n) is 12.9. The lowest BCUT2D eigenvalue weighted by molar-refractivity contribution is 0.0943. The molecule has 0 heterocycles. The Balaban J connectivity index is 2.76. The van der Waals surface area contributed by atoms with Gasteiger partial charge in [0.1, 0.15) is 5.54 Å². The lowest BCUT2D eigenvalue weighted by Crippen LogP contribution is -2.42. The van der Waals surface area contributed by atoms with Crippen molar-refractivity contribution in [1.82, 2.24) is 5.32 Å². The van der Waals surface area contributed by atoms with Crippen molar-refractivity contribution in [2.24, 2.45) is 5.92 Å². The van der Waals surface area contributed by atoms with E-state index < -0.39 is 5.54 Å². The largest absolute Gasteiger partial charge is 0.381 e. The summed E-state index contributed by atoms with van der Waals surface area (Å²) in [5, 5.41) is 13.1. The van der Waals surface area contributed by atoms with Crippen LogP contribution in [0.2, 0.25) is 0 Å². The second-order valence-electron chi connectivity index (χ2n) is 5.53. The fourth-order valence-corrected chi connectivity index (χ4v) is 2.10. The summed E-state index contributed by atoms with van der Waals surface area (Å²) in [6, 6.07) is 12.4. The highest BCUT2D eigenvalue weighted by Gasteiger charge is 2.31. The van der Waals surface area contributed by atoms with E-state index in [1.165, 1.54) is 0 Å². The maximum absolute atomic E-state index is 9.70. The fraction of sp³-hybridized carbons (Fsp3) is 0.588. The molecule has 110 valence electrons. The molecule has 0 saturated carbocycles. The van der Waals surface area contributed by atoms with Crippen molar-refractivity contribution in [3.63, 3.8) is 0 Å². The standard InChI is InChI=1S/C17H26N2O/c1-4-11-19-17(14-18,10-12-20-13-15(2)3)16-8-6-5-7-9-16/h5-9,15,19H,4,10-13H2,1-3H3. The van der Waals surface area contributed by atoms with E-state index >= 15 is 0 Å². The summed E-state index contributed by atoms with van der Waals surface area (Å²) >= 11 is 0. The monoisotopic (exact) mass is 274 g/mol. The van der Waals surface area contributed by atoms with Gasteiger partial charge < -0.3 is 4.74 Å². The molecule has 0 aliphatic rings. The van der Waals surface area contributed by atoms with Gasteiger partial charge in [-0.3, -0.25) is 5.32 Å². The Labute approximate surface area is 123 Å². The van der Waals surface area contributed by atoms with E-state index in [0.717, 1.165) is 25.1 Å². The number of nitrogens with zero attached hydrogens (tertiary/aromatic N) is 1. The molecule has 1 aromatic rings. The normalized spacial score (nSPS) is 13.9. The van der Waals surface area contributed by atoms with Crippen LogP contribution in [0.5, 0.6) is 0 Å². The Morgan fingerprint density at radius 3 is 2.55 bits per heavy atom. The minimum absolute atomic E-state index is 0.520. The number of benzene rings is 1. The van der Waals surface area contributed by atoms with Gasteiger partial charge >= 0.3 is 0 Å². The number of hydrogen-bond donors (Lipinski definition) is 1. The van der Waals surface area contributed by atoms with E-state index in [4.69, 9.17) is 4.74 Å². The number of nitriles is 1. The summed E-state index contributed by atoms with van der Waals surface area (Å²) in [5.41, 5.74) is 0.373. The molecule has 3 nitrogen and oxygen atoms in total. The van der Waals surface area contributed by atoms with E-state index in [1.807, 2.05) is 30.3 Å².